The molecule has 0 saturated carbocycles. The van der Waals surface area contributed by atoms with Gasteiger partial charge in [0.25, 0.3) is 11.6 Å². The highest BCUT2D eigenvalue weighted by atomic mass is 35.5. The lowest BCUT2D eigenvalue weighted by Gasteiger charge is -2.07. The van der Waals surface area contributed by atoms with Crippen LogP contribution in [0.5, 0.6) is 11.5 Å². The van der Waals surface area contributed by atoms with Gasteiger partial charge in [-0.3, -0.25) is 25.0 Å². The van der Waals surface area contributed by atoms with Gasteiger partial charge in [0.1, 0.15) is 17.4 Å². The highest BCUT2D eigenvalue weighted by Crippen LogP contribution is 2.34. The molecule has 33 heavy (non-hydrogen) atoms. The Balaban J connectivity index is 1.76. The average molecular weight is 465 g/mol. The topological polar surface area (TPSA) is 148 Å². The molecule has 3 aromatic rings. The van der Waals surface area contributed by atoms with Gasteiger partial charge in [0.05, 0.1) is 15.9 Å². The Kier molecular flexibility index (Phi) is 6.97. The van der Waals surface area contributed by atoms with Crippen LogP contribution >= 0.6 is 11.6 Å². The van der Waals surface area contributed by atoms with E-state index in [1.807, 2.05) is 6.07 Å². The van der Waals surface area contributed by atoms with Crippen molar-refractivity contribution in [2.24, 2.45) is 0 Å². The third kappa shape index (κ3) is 5.90. The van der Waals surface area contributed by atoms with Crippen LogP contribution in [0.2, 0.25) is 5.02 Å². The molecule has 1 N–H and O–H groups in total. The lowest BCUT2D eigenvalue weighted by Crippen LogP contribution is -2.13. The van der Waals surface area contributed by atoms with Crippen LogP contribution < -0.4 is 10.1 Å². The zero-order valence-corrected chi connectivity index (χ0v) is 17.4. The summed E-state index contributed by atoms with van der Waals surface area (Å²) in [5.41, 5.74) is -0.166. The Morgan fingerprint density at radius 1 is 1.00 bits per heavy atom. The van der Waals surface area contributed by atoms with E-state index in [0.717, 1.165) is 18.2 Å². The monoisotopic (exact) mass is 464 g/mol. The van der Waals surface area contributed by atoms with E-state index in [9.17, 15) is 30.3 Å². The summed E-state index contributed by atoms with van der Waals surface area (Å²) < 4.78 is 5.49. The maximum atomic E-state index is 12.3. The number of ether oxygens (including phenoxy) is 1. The molecule has 0 spiro atoms. The van der Waals surface area contributed by atoms with E-state index in [2.05, 4.69) is 5.32 Å². The summed E-state index contributed by atoms with van der Waals surface area (Å²) in [5.74, 6) is -0.566. The minimum Gasteiger partial charge on any atom is -0.450 e. The molecule has 0 fully saturated rings. The number of non-ortho nitro benzene ring substituents is 1. The van der Waals surface area contributed by atoms with E-state index >= 15 is 0 Å². The van der Waals surface area contributed by atoms with Crippen LogP contribution in [0.15, 0.2) is 72.3 Å². The molecule has 164 valence electrons. The van der Waals surface area contributed by atoms with Gasteiger partial charge in [0.2, 0.25) is 5.75 Å². The average Bonchev–Trinajstić information content (AvgIpc) is 2.80. The summed E-state index contributed by atoms with van der Waals surface area (Å²) in [5, 5.41) is 34.5. The van der Waals surface area contributed by atoms with Crippen LogP contribution in [-0.4, -0.2) is 15.8 Å². The Morgan fingerprint density at radius 2 is 1.67 bits per heavy atom. The first-order valence-corrected chi connectivity index (χ1v) is 9.54. The molecule has 3 aromatic carbocycles. The molecule has 0 aliphatic carbocycles. The van der Waals surface area contributed by atoms with Crippen molar-refractivity contribution in [3.8, 4) is 17.6 Å². The van der Waals surface area contributed by atoms with Crippen molar-refractivity contribution in [3.63, 3.8) is 0 Å². The summed E-state index contributed by atoms with van der Waals surface area (Å²) in [6.07, 6.45) is 1.36. The van der Waals surface area contributed by atoms with Gasteiger partial charge in [0, 0.05) is 16.8 Å². The lowest BCUT2D eigenvalue weighted by atomic mass is 10.1. The molecule has 1 amide bonds. The van der Waals surface area contributed by atoms with E-state index in [-0.39, 0.29) is 17.1 Å². The number of nitro benzene ring substituents is 2. The smallest absolute Gasteiger partial charge is 0.318 e. The third-order valence-electron chi connectivity index (χ3n) is 4.24. The number of carbonyl (C=O) groups is 1. The normalized spacial score (nSPS) is 10.7. The van der Waals surface area contributed by atoms with Crippen LogP contribution in [0, 0.1) is 31.6 Å². The number of rotatable bonds is 7. The van der Waals surface area contributed by atoms with Crippen molar-refractivity contribution in [1.29, 1.82) is 5.26 Å². The molecule has 3 rings (SSSR count). The van der Waals surface area contributed by atoms with Crippen LogP contribution in [0.4, 0.5) is 17.1 Å². The Bertz CT molecular complexity index is 1300. The number of hydrogen-bond donors (Lipinski definition) is 1. The molecule has 0 unspecified atom stereocenters. The molecular formula is C22H13ClN4O6. The maximum absolute atomic E-state index is 12.3. The second-order valence-corrected chi connectivity index (χ2v) is 6.90. The summed E-state index contributed by atoms with van der Waals surface area (Å²) in [6, 6.07) is 17.3. The fraction of sp³-hybridized carbons (Fsp3) is 0. The van der Waals surface area contributed by atoms with Gasteiger partial charge in [0.15, 0.2) is 0 Å². The number of nitro groups is 2. The second kappa shape index (κ2) is 10.0. The number of amides is 1. The molecule has 0 radical (unpaired) electrons. The van der Waals surface area contributed by atoms with Crippen molar-refractivity contribution in [3.05, 3.63) is 103 Å². The second-order valence-electron chi connectivity index (χ2n) is 6.47. The summed E-state index contributed by atoms with van der Waals surface area (Å²) in [6.45, 7) is 0. The standard InChI is InChI=1S/C22H13ClN4O6/c23-16-3-5-17(6-4-16)25-22(28)15(13-24)11-14-1-8-19(9-2-14)33-21-10-7-18(26(29)30)12-20(21)27(31)32/h1-12H,(H,25,28). The van der Waals surface area contributed by atoms with Crippen LogP contribution in [-0.2, 0) is 4.79 Å². The molecule has 0 atom stereocenters. The molecule has 0 bridgehead atoms. The first-order valence-electron chi connectivity index (χ1n) is 9.16. The number of anilines is 1. The number of nitrogens with zero attached hydrogens (tertiary/aromatic N) is 3. The summed E-state index contributed by atoms with van der Waals surface area (Å²) in [4.78, 5) is 32.9. The van der Waals surface area contributed by atoms with E-state index in [1.54, 1.807) is 36.4 Å². The van der Waals surface area contributed by atoms with E-state index in [1.165, 1.54) is 18.2 Å². The number of benzene rings is 3. The highest BCUT2D eigenvalue weighted by molar-refractivity contribution is 6.30. The van der Waals surface area contributed by atoms with Crippen molar-refractivity contribution >= 4 is 40.6 Å². The Labute approximate surface area is 191 Å². The van der Waals surface area contributed by atoms with Gasteiger partial charge < -0.3 is 10.1 Å². The number of nitrogens with one attached hydrogen (secondary N) is 1. The fourth-order valence-electron chi connectivity index (χ4n) is 2.65. The highest BCUT2D eigenvalue weighted by Gasteiger charge is 2.21. The zero-order chi connectivity index (χ0) is 24.0. The first-order chi connectivity index (χ1) is 15.8. The Hall–Kier alpha value is -4.75. The zero-order valence-electron chi connectivity index (χ0n) is 16.6. The molecule has 0 heterocycles. The Morgan fingerprint density at radius 3 is 2.24 bits per heavy atom. The van der Waals surface area contributed by atoms with E-state index < -0.39 is 27.1 Å². The first kappa shape index (κ1) is 22.9. The molecule has 0 aliphatic rings. The molecular weight excluding hydrogens is 452 g/mol. The summed E-state index contributed by atoms with van der Waals surface area (Å²) in [7, 11) is 0. The lowest BCUT2D eigenvalue weighted by molar-refractivity contribution is -0.394. The predicted octanol–water partition coefficient (Wildman–Crippen LogP) is 5.49. The third-order valence-corrected chi connectivity index (χ3v) is 4.49. The van der Waals surface area contributed by atoms with Crippen LogP contribution in [0.25, 0.3) is 6.08 Å². The molecule has 0 aromatic heterocycles. The van der Waals surface area contributed by atoms with Gasteiger partial charge in [-0.2, -0.15) is 5.26 Å². The van der Waals surface area contributed by atoms with Gasteiger partial charge in [-0.1, -0.05) is 23.7 Å². The van der Waals surface area contributed by atoms with Gasteiger partial charge in [-0.25, -0.2) is 0 Å². The van der Waals surface area contributed by atoms with Crippen molar-refractivity contribution in [1.82, 2.24) is 0 Å². The van der Waals surface area contributed by atoms with Gasteiger partial charge >= 0.3 is 5.69 Å². The van der Waals surface area contributed by atoms with Crippen molar-refractivity contribution in [2.45, 2.75) is 0 Å². The molecule has 0 saturated heterocycles. The predicted molar refractivity (Wildman–Crippen MR) is 120 cm³/mol. The molecule has 10 nitrogen and oxygen atoms in total. The summed E-state index contributed by atoms with van der Waals surface area (Å²) >= 11 is 5.81. The molecule has 0 aliphatic heterocycles. The van der Waals surface area contributed by atoms with Crippen molar-refractivity contribution in [2.75, 3.05) is 5.32 Å². The van der Waals surface area contributed by atoms with Gasteiger partial charge in [-0.05, 0) is 54.1 Å². The van der Waals surface area contributed by atoms with Gasteiger partial charge in [-0.15, -0.1) is 0 Å². The van der Waals surface area contributed by atoms with Crippen molar-refractivity contribution < 1.29 is 19.4 Å². The fourth-order valence-corrected chi connectivity index (χ4v) is 2.78. The minimum atomic E-state index is -0.780. The minimum absolute atomic E-state index is 0.148. The molecule has 11 heteroatoms. The largest absolute Gasteiger partial charge is 0.450 e. The quantitative estimate of drug-likeness (QED) is 0.210. The van der Waals surface area contributed by atoms with Crippen LogP contribution in [0.3, 0.4) is 0 Å². The number of carbonyl (C=O) groups excluding carboxylic acids is 1. The maximum Gasteiger partial charge on any atom is 0.318 e. The number of hydrogen-bond acceptors (Lipinski definition) is 7. The number of halogens is 1. The van der Waals surface area contributed by atoms with Crippen LogP contribution in [0.1, 0.15) is 5.56 Å². The van der Waals surface area contributed by atoms with E-state index in [4.69, 9.17) is 16.3 Å². The van der Waals surface area contributed by atoms with E-state index in [0.29, 0.717) is 16.3 Å². The number of nitriles is 1. The SMILES string of the molecule is N#CC(=Cc1ccc(Oc2ccc([N+](=O)[O-])cc2[N+](=O)[O-])cc1)C(=O)Nc1ccc(Cl)cc1.